The van der Waals surface area contributed by atoms with E-state index in [1.807, 2.05) is 20.8 Å². The highest BCUT2D eigenvalue weighted by molar-refractivity contribution is 7.90. The van der Waals surface area contributed by atoms with Crippen molar-refractivity contribution in [3.05, 3.63) is 57.5 Å². The van der Waals surface area contributed by atoms with Gasteiger partial charge in [0.2, 0.25) is 0 Å². The van der Waals surface area contributed by atoms with Gasteiger partial charge in [0.1, 0.15) is 9.84 Å². The van der Waals surface area contributed by atoms with Crippen LogP contribution >= 0.6 is 11.6 Å². The maximum atomic E-state index is 13.5. The number of hydrogen-bond donors (Lipinski definition) is 0. The SMILES string of the molecule is CCOc1cc(C(CS(C)(=O)=O)n2c(=O)n(C(C)C)c3cc(Cl)ccc32)ccc1OC. The van der Waals surface area contributed by atoms with Gasteiger partial charge in [-0.15, -0.1) is 0 Å². The number of halogens is 1. The molecule has 168 valence electrons. The quantitative estimate of drug-likeness (QED) is 0.499. The Balaban J connectivity index is 2.34. The fraction of sp³-hybridized carbons (Fsp3) is 0.409. The number of rotatable bonds is 8. The molecule has 0 saturated heterocycles. The number of methoxy groups -OCH3 is 1. The summed E-state index contributed by atoms with van der Waals surface area (Å²) in [6.45, 7) is 6.07. The Kier molecular flexibility index (Phi) is 6.71. The summed E-state index contributed by atoms with van der Waals surface area (Å²) in [7, 11) is -1.89. The molecule has 9 heteroatoms. The summed E-state index contributed by atoms with van der Waals surface area (Å²) in [5, 5.41) is 0.502. The van der Waals surface area contributed by atoms with Gasteiger partial charge < -0.3 is 9.47 Å². The lowest BCUT2D eigenvalue weighted by Gasteiger charge is -2.20. The van der Waals surface area contributed by atoms with Crippen molar-refractivity contribution in [1.29, 1.82) is 0 Å². The van der Waals surface area contributed by atoms with Crippen molar-refractivity contribution in [2.24, 2.45) is 0 Å². The molecule has 31 heavy (non-hydrogen) atoms. The van der Waals surface area contributed by atoms with Crippen LogP contribution in [0, 0.1) is 0 Å². The van der Waals surface area contributed by atoms with Gasteiger partial charge in [0.25, 0.3) is 0 Å². The van der Waals surface area contributed by atoms with Gasteiger partial charge in [0.05, 0.1) is 36.5 Å². The van der Waals surface area contributed by atoms with E-state index < -0.39 is 15.9 Å². The first-order chi connectivity index (χ1) is 14.6. The highest BCUT2D eigenvalue weighted by atomic mass is 35.5. The zero-order valence-electron chi connectivity index (χ0n) is 18.3. The van der Waals surface area contributed by atoms with Crippen LogP contribution < -0.4 is 15.2 Å². The third-order valence-corrected chi connectivity index (χ3v) is 6.19. The minimum absolute atomic E-state index is 0.136. The van der Waals surface area contributed by atoms with Crippen LogP contribution in [0.4, 0.5) is 0 Å². The summed E-state index contributed by atoms with van der Waals surface area (Å²) < 4.78 is 38.9. The molecule has 1 heterocycles. The van der Waals surface area contributed by atoms with Crippen molar-refractivity contribution in [1.82, 2.24) is 9.13 Å². The van der Waals surface area contributed by atoms with Gasteiger partial charge in [-0.1, -0.05) is 17.7 Å². The summed E-state index contributed by atoms with van der Waals surface area (Å²) in [6, 6.07) is 9.50. The normalized spacial score (nSPS) is 13.0. The van der Waals surface area contributed by atoms with Crippen LogP contribution in [0.1, 0.15) is 38.4 Å². The molecular formula is C22H27ClN2O5S. The Bertz CT molecular complexity index is 1260. The number of benzene rings is 2. The first-order valence-electron chi connectivity index (χ1n) is 9.97. The molecule has 0 N–H and O–H groups in total. The molecule has 0 aliphatic rings. The van der Waals surface area contributed by atoms with Crippen LogP contribution in [0.3, 0.4) is 0 Å². The molecule has 1 aromatic heterocycles. The second-order valence-electron chi connectivity index (χ2n) is 7.70. The van der Waals surface area contributed by atoms with Gasteiger partial charge in [-0.3, -0.25) is 9.13 Å². The van der Waals surface area contributed by atoms with Gasteiger partial charge in [-0.25, -0.2) is 13.2 Å². The largest absolute Gasteiger partial charge is 0.493 e. The second kappa shape index (κ2) is 8.96. The lowest BCUT2D eigenvalue weighted by molar-refractivity contribution is 0.310. The van der Waals surface area contributed by atoms with Crippen molar-refractivity contribution in [3.8, 4) is 11.5 Å². The van der Waals surface area contributed by atoms with Crippen LogP contribution in [-0.4, -0.2) is 43.3 Å². The Morgan fingerprint density at radius 2 is 1.74 bits per heavy atom. The first kappa shape index (κ1) is 23.2. The van der Waals surface area contributed by atoms with Crippen LogP contribution in [0.2, 0.25) is 5.02 Å². The minimum Gasteiger partial charge on any atom is -0.493 e. The van der Waals surface area contributed by atoms with Crippen molar-refractivity contribution >= 4 is 32.5 Å². The lowest BCUT2D eigenvalue weighted by atomic mass is 10.1. The topological polar surface area (TPSA) is 79.5 Å². The highest BCUT2D eigenvalue weighted by Gasteiger charge is 2.27. The van der Waals surface area contributed by atoms with Crippen molar-refractivity contribution < 1.29 is 17.9 Å². The van der Waals surface area contributed by atoms with Crippen molar-refractivity contribution in [2.75, 3.05) is 25.7 Å². The molecule has 3 aromatic rings. The van der Waals surface area contributed by atoms with Crippen molar-refractivity contribution in [3.63, 3.8) is 0 Å². The lowest BCUT2D eigenvalue weighted by Crippen LogP contribution is -2.32. The maximum absolute atomic E-state index is 13.5. The number of fused-ring (bicyclic) bond motifs is 1. The Labute approximate surface area is 187 Å². The predicted octanol–water partition coefficient (Wildman–Crippen LogP) is 4.08. The highest BCUT2D eigenvalue weighted by Crippen LogP contribution is 2.33. The van der Waals surface area contributed by atoms with E-state index in [-0.39, 0.29) is 17.5 Å². The smallest absolute Gasteiger partial charge is 0.329 e. The van der Waals surface area contributed by atoms with Crippen molar-refractivity contribution in [2.45, 2.75) is 32.9 Å². The molecule has 3 rings (SSSR count). The van der Waals surface area contributed by atoms with E-state index in [2.05, 4.69) is 0 Å². The fourth-order valence-electron chi connectivity index (χ4n) is 3.79. The summed E-state index contributed by atoms with van der Waals surface area (Å²) in [5.41, 5.74) is 1.61. The van der Waals surface area contributed by atoms with Gasteiger partial charge in [0.15, 0.2) is 11.5 Å². The molecule has 0 fully saturated rings. The predicted molar refractivity (Wildman–Crippen MR) is 124 cm³/mol. The maximum Gasteiger partial charge on any atom is 0.329 e. The number of imidazole rings is 1. The average Bonchev–Trinajstić information content (AvgIpc) is 2.96. The molecule has 0 amide bonds. The number of nitrogens with zero attached hydrogens (tertiary/aromatic N) is 2. The van der Waals surface area contributed by atoms with Crippen LogP contribution in [0.15, 0.2) is 41.2 Å². The van der Waals surface area contributed by atoms with E-state index in [1.54, 1.807) is 41.0 Å². The third kappa shape index (κ3) is 4.75. The molecule has 0 radical (unpaired) electrons. The van der Waals surface area contributed by atoms with Gasteiger partial charge in [-0.05, 0) is 56.7 Å². The molecule has 1 atom stereocenters. The standard InChI is InChI=1S/C22H27ClN2O5S/c1-6-30-21-11-15(7-10-20(21)29-4)19(13-31(5,27)28)25-17-9-8-16(23)12-18(17)24(14(2)3)22(25)26/h7-12,14,19H,6,13H2,1-5H3. The summed E-state index contributed by atoms with van der Waals surface area (Å²) in [4.78, 5) is 13.5. The molecule has 1 unspecified atom stereocenters. The molecule has 7 nitrogen and oxygen atoms in total. The Hall–Kier alpha value is -2.45. The second-order valence-corrected chi connectivity index (χ2v) is 10.3. The molecular weight excluding hydrogens is 440 g/mol. The number of ether oxygens (including phenoxy) is 2. The number of sulfone groups is 1. The fourth-order valence-corrected chi connectivity index (χ4v) is 4.87. The van der Waals surface area contributed by atoms with Crippen LogP contribution in [0.25, 0.3) is 11.0 Å². The van der Waals surface area contributed by atoms with E-state index >= 15 is 0 Å². The molecule has 0 aliphatic heterocycles. The molecule has 0 spiro atoms. The molecule has 2 aromatic carbocycles. The molecule has 0 saturated carbocycles. The summed E-state index contributed by atoms with van der Waals surface area (Å²) in [6.07, 6.45) is 1.16. The monoisotopic (exact) mass is 466 g/mol. The zero-order chi connectivity index (χ0) is 22.9. The number of aromatic nitrogens is 2. The Morgan fingerprint density at radius 3 is 2.32 bits per heavy atom. The van der Waals surface area contributed by atoms with Gasteiger partial charge in [-0.2, -0.15) is 0 Å². The minimum atomic E-state index is -3.43. The van der Waals surface area contributed by atoms with E-state index in [1.165, 1.54) is 11.7 Å². The van der Waals surface area contributed by atoms with Crippen LogP contribution in [-0.2, 0) is 9.84 Å². The van der Waals surface area contributed by atoms with E-state index in [4.69, 9.17) is 21.1 Å². The van der Waals surface area contributed by atoms with Crippen LogP contribution in [0.5, 0.6) is 11.5 Å². The molecule has 0 aliphatic carbocycles. The van der Waals surface area contributed by atoms with E-state index in [9.17, 15) is 13.2 Å². The van der Waals surface area contributed by atoms with E-state index in [0.717, 1.165) is 6.26 Å². The number of hydrogen-bond acceptors (Lipinski definition) is 5. The molecule has 0 bridgehead atoms. The zero-order valence-corrected chi connectivity index (χ0v) is 19.8. The van der Waals surface area contributed by atoms with Gasteiger partial charge in [0, 0.05) is 17.3 Å². The first-order valence-corrected chi connectivity index (χ1v) is 12.4. The van der Waals surface area contributed by atoms with E-state index in [0.29, 0.717) is 39.7 Å². The van der Waals surface area contributed by atoms with Gasteiger partial charge >= 0.3 is 5.69 Å². The summed E-state index contributed by atoms with van der Waals surface area (Å²) >= 11 is 6.20. The third-order valence-electron chi connectivity index (χ3n) is 5.03. The average molecular weight is 467 g/mol. The summed E-state index contributed by atoms with van der Waals surface area (Å²) in [5.74, 6) is 0.780. The Morgan fingerprint density at radius 1 is 1.03 bits per heavy atom.